The van der Waals surface area contributed by atoms with Crippen molar-refractivity contribution < 1.29 is 0 Å². The number of hydrogen-bond acceptors (Lipinski definition) is 0. The van der Waals surface area contributed by atoms with Crippen molar-refractivity contribution in [3.05, 3.63) is 148 Å². The second-order valence-electron chi connectivity index (χ2n) is 8.72. The minimum absolute atomic E-state index is 0.00889. The summed E-state index contributed by atoms with van der Waals surface area (Å²) in [6, 6.07) is 42.8. The molecular formula is C31H21Cl3P+. The average molecular weight is 531 g/mol. The summed E-state index contributed by atoms with van der Waals surface area (Å²) in [7, 11) is -2.30. The highest BCUT2D eigenvalue weighted by atomic mass is 35.5. The van der Waals surface area contributed by atoms with Crippen LogP contribution in [0.5, 0.6) is 0 Å². The summed E-state index contributed by atoms with van der Waals surface area (Å²) in [6.45, 7) is 0. The van der Waals surface area contributed by atoms with Crippen molar-refractivity contribution >= 4 is 58.0 Å². The molecule has 0 amide bonds. The summed E-state index contributed by atoms with van der Waals surface area (Å²) in [5.41, 5.74) is 4.55. The summed E-state index contributed by atoms with van der Waals surface area (Å²) < 4.78 is 0. The first-order valence-electron chi connectivity index (χ1n) is 11.4. The van der Waals surface area contributed by atoms with Crippen LogP contribution in [-0.4, -0.2) is 0 Å². The lowest BCUT2D eigenvalue weighted by Gasteiger charge is -2.34. The maximum absolute atomic E-state index is 6.89. The van der Waals surface area contributed by atoms with Gasteiger partial charge in [0.05, 0.1) is 5.02 Å². The van der Waals surface area contributed by atoms with Crippen LogP contribution in [0.1, 0.15) is 16.8 Å². The summed E-state index contributed by atoms with van der Waals surface area (Å²) in [5.74, 6) is 0. The fourth-order valence-corrected chi connectivity index (χ4v) is 11.3. The summed E-state index contributed by atoms with van der Waals surface area (Å²) in [5, 5.41) is 5.94. The topological polar surface area (TPSA) is 0 Å². The zero-order chi connectivity index (χ0) is 24.0. The van der Waals surface area contributed by atoms with Crippen molar-refractivity contribution in [2.24, 2.45) is 0 Å². The van der Waals surface area contributed by atoms with Crippen LogP contribution < -0.4 is 15.9 Å². The van der Waals surface area contributed by atoms with E-state index in [0.29, 0.717) is 10.0 Å². The van der Waals surface area contributed by atoms with Crippen LogP contribution in [0.15, 0.2) is 121 Å². The van der Waals surface area contributed by atoms with Gasteiger partial charge in [0.2, 0.25) is 0 Å². The quantitative estimate of drug-likeness (QED) is 0.204. The van der Waals surface area contributed by atoms with Gasteiger partial charge in [0, 0.05) is 26.7 Å². The van der Waals surface area contributed by atoms with Crippen molar-refractivity contribution in [3.8, 4) is 11.1 Å². The van der Waals surface area contributed by atoms with E-state index in [4.69, 9.17) is 34.8 Å². The van der Waals surface area contributed by atoms with Crippen LogP contribution >= 0.6 is 42.1 Å². The Balaban J connectivity index is 1.82. The molecule has 1 unspecified atom stereocenters. The third kappa shape index (κ3) is 3.64. The molecule has 1 aliphatic rings. The SMILES string of the molecule is Clc1ccc2c(c1)C([P+](c1ccccc1)(c1ccccc1)c1ccccc1)c1cc(Cl)cc(Cl)c1-2. The van der Waals surface area contributed by atoms with Crippen LogP contribution in [0.25, 0.3) is 11.1 Å². The van der Waals surface area contributed by atoms with E-state index in [9.17, 15) is 0 Å². The van der Waals surface area contributed by atoms with Gasteiger partial charge in [-0.3, -0.25) is 0 Å². The Morgan fingerprint density at radius 1 is 0.486 bits per heavy atom. The lowest BCUT2D eigenvalue weighted by atomic mass is 10.1. The Morgan fingerprint density at radius 3 is 1.49 bits per heavy atom. The molecule has 4 heteroatoms. The van der Waals surface area contributed by atoms with E-state index in [-0.39, 0.29) is 5.66 Å². The standard InChI is InChI=1S/C31H21Cl3P/c32-21-16-17-26-27(18-21)31(28-19-22(33)20-29(34)30(26)28)35(23-10-4-1-5-11-23,24-12-6-2-7-13-24)25-14-8-3-9-15-25/h1-20,31H/q+1. The van der Waals surface area contributed by atoms with Crippen molar-refractivity contribution in [1.29, 1.82) is 0 Å². The molecule has 0 nitrogen and oxygen atoms in total. The largest absolute Gasteiger partial charge is 0.135 e. The van der Waals surface area contributed by atoms with Gasteiger partial charge in [-0.1, -0.05) is 95.5 Å². The van der Waals surface area contributed by atoms with Crippen molar-refractivity contribution in [3.63, 3.8) is 0 Å². The van der Waals surface area contributed by atoms with Crippen LogP contribution in [0.2, 0.25) is 15.1 Å². The molecule has 170 valence electrons. The minimum atomic E-state index is -2.30. The molecule has 1 atom stereocenters. The lowest BCUT2D eigenvalue weighted by molar-refractivity contribution is 1.19. The summed E-state index contributed by atoms with van der Waals surface area (Å²) >= 11 is 20.2. The Labute approximate surface area is 221 Å². The molecule has 0 saturated heterocycles. The number of halogens is 3. The Morgan fingerprint density at radius 2 is 0.971 bits per heavy atom. The molecule has 5 aromatic carbocycles. The third-order valence-electron chi connectivity index (χ3n) is 6.84. The zero-order valence-electron chi connectivity index (χ0n) is 18.7. The number of hydrogen-bond donors (Lipinski definition) is 0. The molecule has 5 aromatic rings. The molecule has 0 aliphatic heterocycles. The molecule has 0 spiro atoms. The van der Waals surface area contributed by atoms with Gasteiger partial charge >= 0.3 is 0 Å². The number of rotatable bonds is 4. The van der Waals surface area contributed by atoms with Gasteiger partial charge in [-0.15, -0.1) is 0 Å². The highest BCUT2D eigenvalue weighted by Crippen LogP contribution is 2.73. The monoisotopic (exact) mass is 529 g/mol. The summed E-state index contributed by atoms with van der Waals surface area (Å²) in [4.78, 5) is 0. The maximum Gasteiger partial charge on any atom is 0.135 e. The average Bonchev–Trinajstić information content (AvgIpc) is 3.20. The first-order chi connectivity index (χ1) is 17.1. The Bertz CT molecular complexity index is 1420. The van der Waals surface area contributed by atoms with Crippen molar-refractivity contribution in [2.75, 3.05) is 0 Å². The molecule has 0 saturated carbocycles. The number of benzene rings is 5. The first-order valence-corrected chi connectivity index (χ1v) is 14.4. The van der Waals surface area contributed by atoms with Crippen molar-refractivity contribution in [2.45, 2.75) is 5.66 Å². The summed E-state index contributed by atoms with van der Waals surface area (Å²) in [6.07, 6.45) is 0. The Kier molecular flexibility index (Phi) is 5.95. The van der Waals surface area contributed by atoms with Crippen molar-refractivity contribution in [1.82, 2.24) is 0 Å². The highest BCUT2D eigenvalue weighted by Gasteiger charge is 2.57. The first kappa shape index (κ1) is 22.8. The van der Waals surface area contributed by atoms with Crippen LogP contribution in [0, 0.1) is 0 Å². The molecule has 6 rings (SSSR count). The van der Waals surface area contributed by atoms with E-state index in [0.717, 1.165) is 21.7 Å². The van der Waals surface area contributed by atoms with Gasteiger partial charge in [0.1, 0.15) is 28.8 Å². The zero-order valence-corrected chi connectivity index (χ0v) is 21.9. The molecule has 0 bridgehead atoms. The molecule has 0 radical (unpaired) electrons. The van der Waals surface area contributed by atoms with E-state index in [2.05, 4.69) is 109 Å². The van der Waals surface area contributed by atoms with E-state index >= 15 is 0 Å². The highest BCUT2D eigenvalue weighted by molar-refractivity contribution is 7.96. The van der Waals surface area contributed by atoms with Gasteiger partial charge in [0.15, 0.2) is 0 Å². The van der Waals surface area contributed by atoms with E-state index in [1.165, 1.54) is 21.5 Å². The molecule has 0 N–H and O–H groups in total. The normalized spacial score (nSPS) is 14.4. The third-order valence-corrected chi connectivity index (χ3v) is 12.3. The smallest absolute Gasteiger partial charge is 0.0843 e. The van der Waals surface area contributed by atoms with Gasteiger partial charge < -0.3 is 0 Å². The lowest BCUT2D eigenvalue weighted by Crippen LogP contribution is -2.35. The van der Waals surface area contributed by atoms with Gasteiger partial charge in [-0.05, 0) is 66.2 Å². The predicted molar refractivity (Wildman–Crippen MR) is 154 cm³/mol. The van der Waals surface area contributed by atoms with Crippen LogP contribution in [0.4, 0.5) is 0 Å². The Hall–Kier alpha value is -2.60. The predicted octanol–water partition coefficient (Wildman–Crippen LogP) is 8.71. The molecule has 0 heterocycles. The fraction of sp³-hybridized carbons (Fsp3) is 0.0323. The maximum atomic E-state index is 6.89. The van der Waals surface area contributed by atoms with E-state index < -0.39 is 7.26 Å². The minimum Gasteiger partial charge on any atom is -0.0843 e. The van der Waals surface area contributed by atoms with E-state index in [1.54, 1.807) is 0 Å². The second-order valence-corrected chi connectivity index (χ2v) is 13.5. The van der Waals surface area contributed by atoms with E-state index in [1.807, 2.05) is 12.1 Å². The van der Waals surface area contributed by atoms with Crippen LogP contribution in [-0.2, 0) is 0 Å². The van der Waals surface area contributed by atoms with Gasteiger partial charge in [-0.2, -0.15) is 0 Å². The number of fused-ring (bicyclic) bond motifs is 3. The van der Waals surface area contributed by atoms with Crippen LogP contribution in [0.3, 0.4) is 0 Å². The molecular weight excluding hydrogens is 510 g/mol. The molecule has 0 aromatic heterocycles. The fourth-order valence-electron chi connectivity index (χ4n) is 5.55. The molecule has 0 fully saturated rings. The van der Waals surface area contributed by atoms with Gasteiger partial charge in [0.25, 0.3) is 0 Å². The molecule has 1 aliphatic carbocycles. The molecule has 35 heavy (non-hydrogen) atoms. The van der Waals surface area contributed by atoms with Gasteiger partial charge in [-0.25, -0.2) is 0 Å². The second kappa shape index (κ2) is 9.12.